The summed E-state index contributed by atoms with van der Waals surface area (Å²) in [5.41, 5.74) is 13.5. The van der Waals surface area contributed by atoms with Gasteiger partial charge in [0.25, 0.3) is 0 Å². The fraction of sp³-hybridized carbons (Fsp3) is 0.744. The van der Waals surface area contributed by atoms with Gasteiger partial charge in [0.15, 0.2) is 0 Å². The molecule has 2 fully saturated rings. The van der Waals surface area contributed by atoms with Crippen molar-refractivity contribution < 1.29 is 28.9 Å². The molecule has 2 aliphatic heterocycles. The number of anilines is 3. The molecule has 368 valence electrons. The molecule has 2 aliphatic rings. The van der Waals surface area contributed by atoms with Gasteiger partial charge in [-0.1, -0.05) is 70.7 Å². The lowest BCUT2D eigenvalue weighted by Crippen LogP contribution is -2.52. The molecule has 23 heteroatoms. The first kappa shape index (κ1) is 53.9. The number of terminal acetylenes is 1. The maximum atomic E-state index is 14.2. The molecule has 0 aliphatic carbocycles. The second kappa shape index (κ2) is 27.2. The van der Waals surface area contributed by atoms with Crippen LogP contribution >= 0.6 is 12.4 Å². The Balaban J connectivity index is 0.00000952. The summed E-state index contributed by atoms with van der Waals surface area (Å²) in [6.45, 7) is 18.7. The fourth-order valence-electron chi connectivity index (χ4n) is 7.75. The van der Waals surface area contributed by atoms with E-state index in [1.54, 1.807) is 15.6 Å². The molecule has 66 heavy (non-hydrogen) atoms. The van der Waals surface area contributed by atoms with Crippen LogP contribution < -0.4 is 26.6 Å². The van der Waals surface area contributed by atoms with Gasteiger partial charge < -0.3 is 55.7 Å². The molecule has 0 saturated carbocycles. The average Bonchev–Trinajstić information content (AvgIpc) is 4.01. The van der Waals surface area contributed by atoms with E-state index in [9.17, 15) is 14.7 Å². The van der Waals surface area contributed by atoms with Gasteiger partial charge in [0.2, 0.25) is 29.7 Å². The second-order valence-electron chi connectivity index (χ2n) is 17.2. The number of hydrogen-bond acceptors (Lipinski definition) is 18. The van der Waals surface area contributed by atoms with Crippen molar-refractivity contribution in [3.63, 3.8) is 0 Å². The maximum Gasteiger partial charge on any atom is 0.247 e. The number of nitrogens with one attached hydrogen (secondary N) is 1. The van der Waals surface area contributed by atoms with E-state index in [0.29, 0.717) is 127 Å². The van der Waals surface area contributed by atoms with E-state index in [0.717, 1.165) is 19.3 Å². The number of piperazine rings is 2. The molecule has 6 N–H and O–H groups in total. The number of rotatable bonds is 26. The largest absolute Gasteiger partial charge is 0.394 e. The van der Waals surface area contributed by atoms with Crippen LogP contribution in [0.2, 0.25) is 0 Å². The summed E-state index contributed by atoms with van der Waals surface area (Å²) >= 11 is 0. The monoisotopic (exact) mass is 945 g/mol. The number of nitrogens with two attached hydrogens (primary N) is 2. The number of aliphatic hydroxyl groups is 1. The Labute approximate surface area is 395 Å². The molecule has 5 rings (SSSR count). The van der Waals surface area contributed by atoms with Crippen LogP contribution in [0.5, 0.6) is 0 Å². The molecular formula is C43H73ClN16O6. The highest BCUT2D eigenvalue weighted by atomic mass is 35.5. The zero-order valence-electron chi connectivity index (χ0n) is 39.6. The summed E-state index contributed by atoms with van der Waals surface area (Å²) in [7, 11) is 0. The number of carbonyl (C=O) groups is 2. The third kappa shape index (κ3) is 14.9. The van der Waals surface area contributed by atoms with Crippen molar-refractivity contribution in [2.75, 3.05) is 120 Å². The Morgan fingerprint density at radius 2 is 1.18 bits per heavy atom. The quantitative estimate of drug-likeness (QED) is 0.0656. The van der Waals surface area contributed by atoms with Crippen molar-refractivity contribution in [3.8, 4) is 12.3 Å². The van der Waals surface area contributed by atoms with Crippen molar-refractivity contribution in [2.24, 2.45) is 29.2 Å². The number of aliphatic hydroxyl groups excluding tert-OH is 1. The molecular weight excluding hydrogens is 872 g/mol. The standard InChI is InChI=1S/C43H72N16O6.ClH/c1-8-20-63-22-24-65-25-23-64-21-11-46-41-47-42(56-16-12-54(13-17-56)39(61)37(31(6)9-2)58-27-35(50-52-58)33(44)26-30(4)5)49-43(48-41)57-18-14-55(15-19-57)40(62)38(32(7)10-3)59-28-36(51-53-59)34(45)29-60;/h1,27-28,30-34,37-38,60H,9-26,29,44-45H2,2-7H3,(H,46,47,48,49);1H/t31-,32-,33-,34-,37-,38-;/m0./s1. The third-order valence-electron chi connectivity index (χ3n) is 12.0. The lowest BCUT2D eigenvalue weighted by Gasteiger charge is -2.38. The van der Waals surface area contributed by atoms with E-state index in [1.807, 2.05) is 29.8 Å². The zero-order chi connectivity index (χ0) is 46.9. The summed E-state index contributed by atoms with van der Waals surface area (Å²) in [4.78, 5) is 50.8. The number of amides is 2. The molecule has 0 radical (unpaired) electrons. The SMILES string of the molecule is C#CCOCCOCCOCCNc1nc(N2CCN(C(=O)[C@H]([C@@H](C)CC)n3cc([C@@H](N)CO)nn3)CC2)nc(N2CCN(C(=O)[C@H]([C@@H](C)CC)n3cc([C@@H](N)CC(C)C)nn3)CC2)n1.Cl. The minimum Gasteiger partial charge on any atom is -0.394 e. The van der Waals surface area contributed by atoms with Gasteiger partial charge in [-0.15, -0.1) is 29.0 Å². The van der Waals surface area contributed by atoms with Gasteiger partial charge in [-0.05, 0) is 24.2 Å². The van der Waals surface area contributed by atoms with Gasteiger partial charge in [-0.25, -0.2) is 9.36 Å². The molecule has 0 bridgehead atoms. The highest BCUT2D eigenvalue weighted by Gasteiger charge is 2.36. The smallest absolute Gasteiger partial charge is 0.247 e. The van der Waals surface area contributed by atoms with E-state index < -0.39 is 18.1 Å². The third-order valence-corrected chi connectivity index (χ3v) is 12.0. The Bertz CT molecular complexity index is 1950. The van der Waals surface area contributed by atoms with Gasteiger partial charge in [-0.2, -0.15) is 15.0 Å². The topological polar surface area (TPSA) is 259 Å². The van der Waals surface area contributed by atoms with Crippen molar-refractivity contribution in [3.05, 3.63) is 23.8 Å². The van der Waals surface area contributed by atoms with Crippen LogP contribution in [0.15, 0.2) is 12.4 Å². The highest BCUT2D eigenvalue weighted by molar-refractivity contribution is 5.85. The van der Waals surface area contributed by atoms with E-state index in [2.05, 4.69) is 69.4 Å². The molecule has 2 saturated heterocycles. The molecule has 5 heterocycles. The van der Waals surface area contributed by atoms with E-state index in [1.165, 1.54) is 0 Å². The van der Waals surface area contributed by atoms with Crippen LogP contribution in [-0.2, 0) is 23.8 Å². The normalized spacial score (nSPS) is 17.2. The van der Waals surface area contributed by atoms with Crippen molar-refractivity contribution >= 4 is 42.1 Å². The molecule has 22 nitrogen and oxygen atoms in total. The Hall–Kier alpha value is -4.76. The van der Waals surface area contributed by atoms with E-state index in [4.69, 9.17) is 47.1 Å². The number of nitrogens with zero attached hydrogens (tertiary/aromatic N) is 13. The summed E-state index contributed by atoms with van der Waals surface area (Å²) in [5.74, 6) is 4.12. The molecule has 3 aromatic rings. The number of hydrogen-bond donors (Lipinski definition) is 4. The lowest BCUT2D eigenvalue weighted by atomic mass is 9.97. The fourth-order valence-corrected chi connectivity index (χ4v) is 7.75. The Kier molecular flexibility index (Phi) is 22.2. The number of aromatic nitrogens is 9. The first-order valence-corrected chi connectivity index (χ1v) is 23.1. The zero-order valence-corrected chi connectivity index (χ0v) is 40.4. The first-order valence-electron chi connectivity index (χ1n) is 23.1. The van der Waals surface area contributed by atoms with Gasteiger partial charge in [-0.3, -0.25) is 9.59 Å². The van der Waals surface area contributed by atoms with Crippen molar-refractivity contribution in [1.82, 2.24) is 54.7 Å². The Morgan fingerprint density at radius 1 is 0.727 bits per heavy atom. The number of ether oxygens (including phenoxy) is 3. The molecule has 0 unspecified atom stereocenters. The summed E-state index contributed by atoms with van der Waals surface area (Å²) in [5, 5.41) is 30.0. The van der Waals surface area contributed by atoms with Crippen LogP contribution in [0, 0.1) is 30.1 Å². The highest BCUT2D eigenvalue weighted by Crippen LogP contribution is 2.28. The molecule has 2 amide bonds. The van der Waals surface area contributed by atoms with Gasteiger partial charge >= 0.3 is 0 Å². The minimum atomic E-state index is -0.681. The summed E-state index contributed by atoms with van der Waals surface area (Å²) < 4.78 is 19.8. The second-order valence-corrected chi connectivity index (χ2v) is 17.2. The van der Waals surface area contributed by atoms with Crippen LogP contribution in [0.1, 0.15) is 96.4 Å². The van der Waals surface area contributed by atoms with Crippen molar-refractivity contribution in [1.29, 1.82) is 0 Å². The predicted molar refractivity (Wildman–Crippen MR) is 252 cm³/mol. The van der Waals surface area contributed by atoms with Crippen LogP contribution in [0.4, 0.5) is 17.8 Å². The first-order chi connectivity index (χ1) is 31.4. The molecule has 0 aromatic carbocycles. The molecule has 0 spiro atoms. The van der Waals surface area contributed by atoms with E-state index in [-0.39, 0.29) is 55.3 Å². The summed E-state index contributed by atoms with van der Waals surface area (Å²) in [6, 6.07) is -2.02. The molecule has 6 atom stereocenters. The van der Waals surface area contributed by atoms with E-state index >= 15 is 0 Å². The average molecular weight is 946 g/mol. The maximum absolute atomic E-state index is 14.2. The number of carbonyl (C=O) groups excluding carboxylic acids is 2. The van der Waals surface area contributed by atoms with Gasteiger partial charge in [0.1, 0.15) is 24.4 Å². The minimum absolute atomic E-state index is 0. The van der Waals surface area contributed by atoms with Crippen molar-refractivity contribution in [2.45, 2.75) is 85.0 Å². The van der Waals surface area contributed by atoms with Crippen LogP contribution in [0.25, 0.3) is 0 Å². The lowest BCUT2D eigenvalue weighted by molar-refractivity contribution is -0.137. The Morgan fingerprint density at radius 3 is 1.62 bits per heavy atom. The van der Waals surface area contributed by atoms with Crippen LogP contribution in [0.3, 0.4) is 0 Å². The number of halogens is 1. The van der Waals surface area contributed by atoms with Gasteiger partial charge in [0, 0.05) is 58.9 Å². The molecule has 3 aromatic heterocycles. The summed E-state index contributed by atoms with van der Waals surface area (Å²) in [6.07, 6.45) is 11.0. The predicted octanol–water partition coefficient (Wildman–Crippen LogP) is 1.48. The van der Waals surface area contributed by atoms with Gasteiger partial charge in [0.05, 0.1) is 69.8 Å². The van der Waals surface area contributed by atoms with Crippen LogP contribution in [-0.4, -0.2) is 177 Å².